The first-order valence-corrected chi connectivity index (χ1v) is 12.2. The Balaban J connectivity index is 1.59. The van der Waals surface area contributed by atoms with Crippen LogP contribution in [0, 0.1) is 0 Å². The molecule has 2 aromatic rings. The molecule has 1 fully saturated rings. The smallest absolute Gasteiger partial charge is 0.251 e. The summed E-state index contributed by atoms with van der Waals surface area (Å²) in [7, 11) is -3.57. The second-order valence-corrected chi connectivity index (χ2v) is 10.8. The van der Waals surface area contributed by atoms with E-state index >= 15 is 0 Å². The van der Waals surface area contributed by atoms with Crippen LogP contribution in [-0.4, -0.2) is 44.9 Å². The van der Waals surface area contributed by atoms with E-state index < -0.39 is 10.0 Å². The molecule has 3 rings (SSSR count). The van der Waals surface area contributed by atoms with Crippen LogP contribution in [0.5, 0.6) is 5.75 Å². The minimum atomic E-state index is -3.57. The average Bonchev–Trinajstić information content (AvgIpc) is 2.77. The second kappa shape index (κ2) is 9.83. The molecule has 1 aliphatic heterocycles. The summed E-state index contributed by atoms with van der Waals surface area (Å²) in [5.74, 6) is 0.488. The number of rotatable bonds is 7. The molecule has 0 saturated carbocycles. The van der Waals surface area contributed by atoms with Crippen molar-refractivity contribution in [1.29, 1.82) is 0 Å². The first-order chi connectivity index (χ1) is 14.7. The number of para-hydroxylation sites is 1. The Morgan fingerprint density at radius 2 is 1.74 bits per heavy atom. The predicted molar refractivity (Wildman–Crippen MR) is 122 cm³/mol. The van der Waals surface area contributed by atoms with E-state index in [1.54, 1.807) is 18.2 Å². The molecule has 0 aromatic heterocycles. The van der Waals surface area contributed by atoms with Crippen molar-refractivity contribution < 1.29 is 17.9 Å². The zero-order valence-corrected chi connectivity index (χ0v) is 19.4. The predicted octanol–water partition coefficient (Wildman–Crippen LogP) is 3.97. The lowest BCUT2D eigenvalue weighted by atomic mass is 9.86. The molecule has 7 heteroatoms. The zero-order chi connectivity index (χ0) is 22.5. The molecule has 0 aliphatic carbocycles. The van der Waals surface area contributed by atoms with Crippen LogP contribution in [-0.2, 0) is 15.4 Å². The van der Waals surface area contributed by atoms with Gasteiger partial charge < -0.3 is 10.1 Å². The zero-order valence-electron chi connectivity index (χ0n) is 18.6. The van der Waals surface area contributed by atoms with Gasteiger partial charge in [-0.1, -0.05) is 51.5 Å². The maximum Gasteiger partial charge on any atom is 0.251 e. The lowest BCUT2D eigenvalue weighted by molar-refractivity contribution is 0.0946. The Kier molecular flexibility index (Phi) is 7.38. The largest absolute Gasteiger partial charge is 0.491 e. The highest BCUT2D eigenvalue weighted by molar-refractivity contribution is 7.89. The number of hydrogen-bond donors (Lipinski definition) is 1. The van der Waals surface area contributed by atoms with Crippen molar-refractivity contribution in [2.24, 2.45) is 0 Å². The number of carbonyl (C=O) groups excluding carboxylic acids is 1. The number of nitrogens with zero attached hydrogens (tertiary/aromatic N) is 1. The Bertz CT molecular complexity index is 1010. The van der Waals surface area contributed by atoms with Gasteiger partial charge in [-0.05, 0) is 48.1 Å². The molecular weight excluding hydrogens is 412 g/mol. The summed E-state index contributed by atoms with van der Waals surface area (Å²) < 4.78 is 33.1. The molecule has 1 aliphatic rings. The van der Waals surface area contributed by atoms with Crippen LogP contribution in [0.3, 0.4) is 0 Å². The fraction of sp³-hybridized carbons (Fsp3) is 0.458. The summed E-state index contributed by atoms with van der Waals surface area (Å²) in [6.45, 7) is 8.09. The highest BCUT2D eigenvalue weighted by Gasteiger charge is 2.26. The van der Waals surface area contributed by atoms with Crippen molar-refractivity contribution in [2.75, 3.05) is 26.2 Å². The Morgan fingerprint density at radius 1 is 1.03 bits per heavy atom. The van der Waals surface area contributed by atoms with E-state index in [1.807, 2.05) is 24.3 Å². The van der Waals surface area contributed by atoms with Gasteiger partial charge in [0.15, 0.2) is 0 Å². The van der Waals surface area contributed by atoms with Crippen molar-refractivity contribution in [3.63, 3.8) is 0 Å². The number of amides is 1. The molecule has 1 amide bonds. The van der Waals surface area contributed by atoms with Crippen molar-refractivity contribution in [1.82, 2.24) is 9.62 Å². The molecule has 168 valence electrons. The van der Waals surface area contributed by atoms with Crippen LogP contribution in [0.15, 0.2) is 53.4 Å². The van der Waals surface area contributed by atoms with Gasteiger partial charge in [-0.25, -0.2) is 8.42 Å². The maximum absolute atomic E-state index is 12.9. The highest BCUT2D eigenvalue weighted by Crippen LogP contribution is 2.30. The van der Waals surface area contributed by atoms with E-state index in [0.717, 1.165) is 30.6 Å². The third-order valence-corrected chi connectivity index (χ3v) is 7.28. The minimum Gasteiger partial charge on any atom is -0.491 e. The van der Waals surface area contributed by atoms with Gasteiger partial charge in [-0.2, -0.15) is 4.31 Å². The Morgan fingerprint density at radius 3 is 2.45 bits per heavy atom. The molecule has 1 heterocycles. The lowest BCUT2D eigenvalue weighted by Crippen LogP contribution is -2.35. The molecule has 31 heavy (non-hydrogen) atoms. The quantitative estimate of drug-likeness (QED) is 0.656. The standard InChI is InChI=1S/C24H32N2O4S/c1-24(2,3)21-12-5-6-13-22(21)30-17-14-25-23(27)19-10-9-11-20(18-19)31(28,29)26-15-7-4-8-16-26/h5-6,9-13,18H,4,7-8,14-17H2,1-3H3,(H,25,27). The lowest BCUT2D eigenvalue weighted by Gasteiger charge is -2.26. The first-order valence-electron chi connectivity index (χ1n) is 10.8. The van der Waals surface area contributed by atoms with Gasteiger partial charge in [0, 0.05) is 18.7 Å². The summed E-state index contributed by atoms with van der Waals surface area (Å²) in [5.41, 5.74) is 1.39. The third-order valence-electron chi connectivity index (χ3n) is 5.39. The Hall–Kier alpha value is -2.38. The van der Waals surface area contributed by atoms with Gasteiger partial charge >= 0.3 is 0 Å². The van der Waals surface area contributed by atoms with Crippen LogP contribution in [0.4, 0.5) is 0 Å². The number of ether oxygens (including phenoxy) is 1. The minimum absolute atomic E-state index is 0.0415. The van der Waals surface area contributed by atoms with E-state index in [1.165, 1.54) is 10.4 Å². The second-order valence-electron chi connectivity index (χ2n) is 8.84. The van der Waals surface area contributed by atoms with E-state index in [9.17, 15) is 13.2 Å². The molecule has 0 radical (unpaired) electrons. The number of carbonyl (C=O) groups is 1. The van der Waals surface area contributed by atoms with Crippen LogP contribution < -0.4 is 10.1 Å². The molecule has 6 nitrogen and oxygen atoms in total. The number of sulfonamides is 1. The highest BCUT2D eigenvalue weighted by atomic mass is 32.2. The van der Waals surface area contributed by atoms with Gasteiger partial charge in [0.2, 0.25) is 10.0 Å². The van der Waals surface area contributed by atoms with Crippen molar-refractivity contribution in [2.45, 2.75) is 50.3 Å². The summed E-state index contributed by atoms with van der Waals surface area (Å²) >= 11 is 0. The fourth-order valence-electron chi connectivity index (χ4n) is 3.69. The van der Waals surface area contributed by atoms with Crippen LogP contribution >= 0.6 is 0 Å². The Labute approximate surface area is 185 Å². The van der Waals surface area contributed by atoms with E-state index in [4.69, 9.17) is 4.74 Å². The molecule has 0 unspecified atom stereocenters. The molecule has 1 N–H and O–H groups in total. The summed E-state index contributed by atoms with van der Waals surface area (Å²) in [5, 5.41) is 2.81. The molecule has 0 atom stereocenters. The van der Waals surface area contributed by atoms with Gasteiger partial charge in [-0.3, -0.25) is 4.79 Å². The van der Waals surface area contributed by atoms with E-state index in [-0.39, 0.29) is 16.2 Å². The SMILES string of the molecule is CC(C)(C)c1ccccc1OCCNC(=O)c1cccc(S(=O)(=O)N2CCCCC2)c1. The monoisotopic (exact) mass is 444 g/mol. The van der Waals surface area contributed by atoms with Crippen LogP contribution in [0.2, 0.25) is 0 Å². The normalized spacial score (nSPS) is 15.5. The van der Waals surface area contributed by atoms with E-state index in [0.29, 0.717) is 31.8 Å². The molecule has 0 bridgehead atoms. The maximum atomic E-state index is 12.9. The van der Waals surface area contributed by atoms with Crippen molar-refractivity contribution >= 4 is 15.9 Å². The first kappa shape index (κ1) is 23.3. The van der Waals surface area contributed by atoms with Crippen molar-refractivity contribution in [3.05, 3.63) is 59.7 Å². The fourth-order valence-corrected chi connectivity index (χ4v) is 5.26. The van der Waals surface area contributed by atoms with Gasteiger partial charge in [-0.15, -0.1) is 0 Å². The van der Waals surface area contributed by atoms with Crippen LogP contribution in [0.1, 0.15) is 56.0 Å². The average molecular weight is 445 g/mol. The summed E-state index contributed by atoms with van der Waals surface area (Å²) in [6.07, 6.45) is 2.80. The molecular formula is C24H32N2O4S. The summed E-state index contributed by atoms with van der Waals surface area (Å²) in [4.78, 5) is 12.7. The van der Waals surface area contributed by atoms with Crippen LogP contribution in [0.25, 0.3) is 0 Å². The third kappa shape index (κ3) is 5.86. The molecule has 1 saturated heterocycles. The molecule has 2 aromatic carbocycles. The van der Waals surface area contributed by atoms with Gasteiger partial charge in [0.1, 0.15) is 12.4 Å². The van der Waals surface area contributed by atoms with E-state index in [2.05, 4.69) is 26.1 Å². The summed E-state index contributed by atoms with van der Waals surface area (Å²) in [6, 6.07) is 14.1. The number of nitrogens with one attached hydrogen (secondary N) is 1. The van der Waals surface area contributed by atoms with Crippen molar-refractivity contribution in [3.8, 4) is 5.75 Å². The van der Waals surface area contributed by atoms with Gasteiger partial charge in [0.25, 0.3) is 5.91 Å². The molecule has 0 spiro atoms. The van der Waals surface area contributed by atoms with Gasteiger partial charge in [0.05, 0.1) is 11.4 Å². The number of piperidine rings is 1. The topological polar surface area (TPSA) is 75.7 Å². The number of hydrogen-bond acceptors (Lipinski definition) is 4. The number of benzene rings is 2.